The van der Waals surface area contributed by atoms with Crippen molar-refractivity contribution < 1.29 is 4.79 Å². The van der Waals surface area contributed by atoms with Gasteiger partial charge in [0.1, 0.15) is 11.2 Å². The average molecular weight is 201 g/mol. The van der Waals surface area contributed by atoms with Crippen LogP contribution in [-0.4, -0.2) is 16.0 Å². The fourth-order valence-corrected chi connectivity index (χ4v) is 1.41. The fourth-order valence-electron chi connectivity index (χ4n) is 1.41. The van der Waals surface area contributed by atoms with Crippen LogP contribution in [0.4, 0.5) is 5.69 Å². The lowest BCUT2D eigenvalue weighted by atomic mass is 10.1. The van der Waals surface area contributed by atoms with Crippen LogP contribution in [0.3, 0.4) is 0 Å². The second kappa shape index (κ2) is 3.48. The molecule has 2 rings (SSSR count). The van der Waals surface area contributed by atoms with Crippen LogP contribution in [0.25, 0.3) is 10.9 Å². The molecule has 5 nitrogen and oxygen atoms in total. The molecule has 0 radical (unpaired) electrons. The van der Waals surface area contributed by atoms with Crippen LogP contribution in [0.1, 0.15) is 5.56 Å². The third kappa shape index (κ3) is 1.45. The molecule has 1 aromatic heterocycles. The minimum absolute atomic E-state index is 0.248. The van der Waals surface area contributed by atoms with Crippen LogP contribution < -0.4 is 5.56 Å². The standard InChI is InChI=1S/C10H7N3O2/c1-6-2-3-7-9(8(6)13-5-14)11-4-12-10(7)15/h2-4H,1H3,(H,11,12,15). The van der Waals surface area contributed by atoms with E-state index < -0.39 is 0 Å². The lowest BCUT2D eigenvalue weighted by molar-refractivity contribution is 0.565. The van der Waals surface area contributed by atoms with Gasteiger partial charge < -0.3 is 4.98 Å². The van der Waals surface area contributed by atoms with Crippen molar-refractivity contribution in [2.24, 2.45) is 4.99 Å². The molecule has 1 N–H and O–H groups in total. The quantitative estimate of drug-likeness (QED) is 0.556. The topological polar surface area (TPSA) is 75.2 Å². The van der Waals surface area contributed by atoms with Crippen LogP contribution in [0.2, 0.25) is 0 Å². The highest BCUT2D eigenvalue weighted by atomic mass is 16.1. The number of hydrogen-bond donors (Lipinski definition) is 1. The van der Waals surface area contributed by atoms with E-state index in [4.69, 9.17) is 0 Å². The van der Waals surface area contributed by atoms with Gasteiger partial charge in [-0.2, -0.15) is 4.99 Å². The van der Waals surface area contributed by atoms with E-state index in [9.17, 15) is 9.59 Å². The van der Waals surface area contributed by atoms with Gasteiger partial charge in [0, 0.05) is 0 Å². The number of aliphatic imine (C=N–C) groups is 1. The van der Waals surface area contributed by atoms with Gasteiger partial charge in [-0.15, -0.1) is 0 Å². The molecule has 74 valence electrons. The molecule has 2 aromatic rings. The monoisotopic (exact) mass is 201 g/mol. The van der Waals surface area contributed by atoms with E-state index in [0.717, 1.165) is 5.56 Å². The Hall–Kier alpha value is -2.26. The smallest absolute Gasteiger partial charge is 0.258 e. The number of isocyanates is 1. The molecule has 1 aromatic carbocycles. The molecule has 0 saturated heterocycles. The van der Waals surface area contributed by atoms with E-state index >= 15 is 0 Å². The summed E-state index contributed by atoms with van der Waals surface area (Å²) in [7, 11) is 0. The first-order valence-corrected chi connectivity index (χ1v) is 4.29. The highest BCUT2D eigenvalue weighted by molar-refractivity contribution is 5.90. The van der Waals surface area contributed by atoms with Crippen LogP contribution in [0.15, 0.2) is 28.2 Å². The maximum atomic E-state index is 11.4. The van der Waals surface area contributed by atoms with Gasteiger partial charge >= 0.3 is 0 Å². The normalized spacial score (nSPS) is 9.93. The summed E-state index contributed by atoms with van der Waals surface area (Å²) < 4.78 is 0. The molecule has 15 heavy (non-hydrogen) atoms. The second-order valence-corrected chi connectivity index (χ2v) is 3.06. The van der Waals surface area contributed by atoms with Crippen molar-refractivity contribution in [3.8, 4) is 0 Å². The lowest BCUT2D eigenvalue weighted by Crippen LogP contribution is -2.06. The highest BCUT2D eigenvalue weighted by Crippen LogP contribution is 2.25. The third-order valence-electron chi connectivity index (χ3n) is 2.14. The molecule has 0 aliphatic rings. The summed E-state index contributed by atoms with van der Waals surface area (Å²) in [5.74, 6) is 0. The van der Waals surface area contributed by atoms with Gasteiger partial charge in [-0.1, -0.05) is 6.07 Å². The zero-order valence-electron chi connectivity index (χ0n) is 7.94. The number of nitrogens with one attached hydrogen (secondary N) is 1. The van der Waals surface area contributed by atoms with E-state index in [1.807, 2.05) is 0 Å². The first-order valence-electron chi connectivity index (χ1n) is 4.29. The summed E-state index contributed by atoms with van der Waals surface area (Å²) >= 11 is 0. The number of H-pyrrole nitrogens is 1. The number of benzene rings is 1. The van der Waals surface area contributed by atoms with E-state index in [1.54, 1.807) is 19.1 Å². The van der Waals surface area contributed by atoms with Gasteiger partial charge in [0.2, 0.25) is 6.08 Å². The molecule has 1 heterocycles. The molecule has 0 atom stereocenters. The van der Waals surface area contributed by atoms with Gasteiger partial charge in [0.15, 0.2) is 0 Å². The molecule has 5 heteroatoms. The fraction of sp³-hybridized carbons (Fsp3) is 0.100. The summed E-state index contributed by atoms with van der Waals surface area (Å²) in [4.78, 5) is 31.7. The predicted molar refractivity (Wildman–Crippen MR) is 54.9 cm³/mol. The Kier molecular flexibility index (Phi) is 2.15. The van der Waals surface area contributed by atoms with Gasteiger partial charge in [0.25, 0.3) is 5.56 Å². The molecule has 0 fully saturated rings. The number of hydrogen-bond acceptors (Lipinski definition) is 4. The van der Waals surface area contributed by atoms with Crippen LogP contribution in [0, 0.1) is 6.92 Å². The number of carbonyl (C=O) groups excluding carboxylic acids is 1. The van der Waals surface area contributed by atoms with Crippen molar-refractivity contribution in [3.05, 3.63) is 34.4 Å². The van der Waals surface area contributed by atoms with Gasteiger partial charge in [-0.3, -0.25) is 4.79 Å². The third-order valence-corrected chi connectivity index (χ3v) is 2.14. The van der Waals surface area contributed by atoms with E-state index in [0.29, 0.717) is 16.6 Å². The number of rotatable bonds is 1. The first kappa shape index (κ1) is 9.30. The minimum Gasteiger partial charge on any atom is -0.313 e. The van der Waals surface area contributed by atoms with Gasteiger partial charge in [-0.25, -0.2) is 9.78 Å². The van der Waals surface area contributed by atoms with Crippen molar-refractivity contribution in [2.75, 3.05) is 0 Å². The number of aromatic amines is 1. The maximum absolute atomic E-state index is 11.4. The van der Waals surface area contributed by atoms with Crippen molar-refractivity contribution >= 4 is 22.7 Å². The molecule has 0 saturated carbocycles. The van der Waals surface area contributed by atoms with Crippen molar-refractivity contribution in [2.45, 2.75) is 6.92 Å². The minimum atomic E-state index is -0.248. The van der Waals surface area contributed by atoms with Crippen molar-refractivity contribution in [3.63, 3.8) is 0 Å². The Morgan fingerprint density at radius 3 is 3.00 bits per heavy atom. The average Bonchev–Trinajstić information content (AvgIpc) is 2.23. The molecule has 0 aliphatic carbocycles. The Balaban J connectivity index is 3.00. The summed E-state index contributed by atoms with van der Waals surface area (Å²) in [6.45, 7) is 1.79. The number of aromatic nitrogens is 2. The van der Waals surface area contributed by atoms with Crippen molar-refractivity contribution in [1.29, 1.82) is 0 Å². The second-order valence-electron chi connectivity index (χ2n) is 3.06. The Labute approximate surface area is 84.5 Å². The molecule has 0 bridgehead atoms. The molecular formula is C10H7N3O2. The van der Waals surface area contributed by atoms with E-state index in [2.05, 4.69) is 15.0 Å². The Morgan fingerprint density at radius 2 is 2.27 bits per heavy atom. The van der Waals surface area contributed by atoms with Crippen LogP contribution in [-0.2, 0) is 4.79 Å². The van der Waals surface area contributed by atoms with Crippen LogP contribution in [0.5, 0.6) is 0 Å². The summed E-state index contributed by atoms with van der Waals surface area (Å²) in [5.41, 5.74) is 1.35. The maximum Gasteiger partial charge on any atom is 0.258 e. The molecule has 0 amide bonds. The van der Waals surface area contributed by atoms with Gasteiger partial charge in [0.05, 0.1) is 11.7 Å². The van der Waals surface area contributed by atoms with E-state index in [-0.39, 0.29) is 5.56 Å². The highest BCUT2D eigenvalue weighted by Gasteiger charge is 2.07. The van der Waals surface area contributed by atoms with Crippen LogP contribution >= 0.6 is 0 Å². The van der Waals surface area contributed by atoms with Crippen molar-refractivity contribution in [1.82, 2.24) is 9.97 Å². The zero-order chi connectivity index (χ0) is 10.8. The Bertz CT molecular complexity index is 624. The largest absolute Gasteiger partial charge is 0.313 e. The van der Waals surface area contributed by atoms with Gasteiger partial charge in [-0.05, 0) is 18.6 Å². The van der Waals surface area contributed by atoms with E-state index in [1.165, 1.54) is 12.4 Å². The summed E-state index contributed by atoms with van der Waals surface area (Å²) in [5, 5.41) is 0.414. The number of fused-ring (bicyclic) bond motifs is 1. The first-order chi connectivity index (χ1) is 7.24. The molecular weight excluding hydrogens is 194 g/mol. The SMILES string of the molecule is Cc1ccc2c(=O)[nH]cnc2c1N=C=O. The predicted octanol–water partition coefficient (Wildman–Crippen LogP) is 1.20. The number of aryl methyl sites for hydroxylation is 1. The summed E-state index contributed by atoms with van der Waals surface area (Å²) in [6.07, 6.45) is 2.74. The molecule has 0 spiro atoms. The molecule has 0 aliphatic heterocycles. The lowest BCUT2D eigenvalue weighted by Gasteiger charge is -2.01. The molecule has 0 unspecified atom stereocenters. The number of nitrogens with zero attached hydrogens (tertiary/aromatic N) is 2. The zero-order valence-corrected chi connectivity index (χ0v) is 7.94. The summed E-state index contributed by atoms with van der Waals surface area (Å²) in [6, 6.07) is 3.37. The Morgan fingerprint density at radius 1 is 1.47 bits per heavy atom.